The van der Waals surface area contributed by atoms with Crippen molar-refractivity contribution in [2.75, 3.05) is 19.5 Å². The SMILES string of the molecule is COc1cc(CNc2ccccc2OC(F)(F)F)cc(OC)c1. The zero-order chi connectivity index (χ0) is 16.9. The number of hydrogen-bond acceptors (Lipinski definition) is 4. The number of hydrogen-bond donors (Lipinski definition) is 1. The van der Waals surface area contributed by atoms with Crippen LogP contribution in [0.4, 0.5) is 18.9 Å². The molecule has 7 heteroatoms. The molecule has 2 aromatic carbocycles. The van der Waals surface area contributed by atoms with Gasteiger partial charge in [-0.3, -0.25) is 0 Å². The van der Waals surface area contributed by atoms with E-state index in [2.05, 4.69) is 10.1 Å². The van der Waals surface area contributed by atoms with Crippen molar-refractivity contribution in [2.24, 2.45) is 0 Å². The van der Waals surface area contributed by atoms with Crippen LogP contribution in [0.5, 0.6) is 17.2 Å². The van der Waals surface area contributed by atoms with E-state index in [4.69, 9.17) is 9.47 Å². The Morgan fingerprint density at radius 3 is 2.13 bits per heavy atom. The van der Waals surface area contributed by atoms with Crippen LogP contribution in [0.15, 0.2) is 42.5 Å². The summed E-state index contributed by atoms with van der Waals surface area (Å²) in [5.41, 5.74) is 1.04. The zero-order valence-corrected chi connectivity index (χ0v) is 12.6. The Kier molecular flexibility index (Phi) is 5.20. The summed E-state index contributed by atoms with van der Waals surface area (Å²) in [5.74, 6) is 0.914. The third kappa shape index (κ3) is 4.98. The number of anilines is 1. The first-order chi connectivity index (χ1) is 10.9. The fourth-order valence-corrected chi connectivity index (χ4v) is 1.99. The molecule has 0 heterocycles. The van der Waals surface area contributed by atoms with Crippen LogP contribution in [0, 0.1) is 0 Å². The van der Waals surface area contributed by atoms with Crippen LogP contribution >= 0.6 is 0 Å². The molecule has 0 aromatic heterocycles. The highest BCUT2D eigenvalue weighted by molar-refractivity contribution is 5.56. The summed E-state index contributed by atoms with van der Waals surface area (Å²) >= 11 is 0. The van der Waals surface area contributed by atoms with Crippen molar-refractivity contribution in [1.82, 2.24) is 0 Å². The van der Waals surface area contributed by atoms with E-state index in [1.807, 2.05) is 0 Å². The predicted octanol–water partition coefficient (Wildman–Crippen LogP) is 4.21. The summed E-state index contributed by atoms with van der Waals surface area (Å²) in [6.07, 6.45) is -4.74. The zero-order valence-electron chi connectivity index (χ0n) is 12.6. The first-order valence-electron chi connectivity index (χ1n) is 6.72. The van der Waals surface area contributed by atoms with Crippen molar-refractivity contribution in [1.29, 1.82) is 0 Å². The molecule has 2 aromatic rings. The largest absolute Gasteiger partial charge is 0.573 e. The molecule has 0 unspecified atom stereocenters. The van der Waals surface area contributed by atoms with Gasteiger partial charge in [0.05, 0.1) is 19.9 Å². The van der Waals surface area contributed by atoms with E-state index in [1.54, 1.807) is 24.3 Å². The van der Waals surface area contributed by atoms with Crippen molar-refractivity contribution < 1.29 is 27.4 Å². The summed E-state index contributed by atoms with van der Waals surface area (Å²) in [7, 11) is 3.05. The minimum atomic E-state index is -4.74. The number of benzene rings is 2. The minimum Gasteiger partial charge on any atom is -0.497 e. The Morgan fingerprint density at radius 1 is 0.957 bits per heavy atom. The third-order valence-corrected chi connectivity index (χ3v) is 3.01. The molecular formula is C16H16F3NO3. The maximum atomic E-state index is 12.4. The maximum Gasteiger partial charge on any atom is 0.573 e. The summed E-state index contributed by atoms with van der Waals surface area (Å²) < 4.78 is 51.5. The van der Waals surface area contributed by atoms with E-state index in [-0.39, 0.29) is 18.0 Å². The molecule has 2 rings (SSSR count). The van der Waals surface area contributed by atoms with Crippen LogP contribution in [-0.4, -0.2) is 20.6 Å². The quantitative estimate of drug-likeness (QED) is 0.862. The molecule has 0 aliphatic heterocycles. The molecule has 0 aliphatic rings. The number of alkyl halides is 3. The lowest BCUT2D eigenvalue weighted by molar-refractivity contribution is -0.274. The fraction of sp³-hybridized carbons (Fsp3) is 0.250. The number of halogens is 3. The topological polar surface area (TPSA) is 39.7 Å². The van der Waals surface area contributed by atoms with E-state index in [0.717, 1.165) is 5.56 Å². The van der Waals surface area contributed by atoms with Crippen LogP contribution in [-0.2, 0) is 6.54 Å². The lowest BCUT2D eigenvalue weighted by atomic mass is 10.2. The van der Waals surface area contributed by atoms with Gasteiger partial charge in [0, 0.05) is 12.6 Å². The molecule has 0 fully saturated rings. The molecule has 0 radical (unpaired) electrons. The highest BCUT2D eigenvalue weighted by Crippen LogP contribution is 2.30. The molecule has 0 bridgehead atoms. The number of ether oxygens (including phenoxy) is 3. The summed E-state index contributed by atoms with van der Waals surface area (Å²) in [6.45, 7) is 0.284. The first-order valence-corrected chi connectivity index (χ1v) is 6.72. The third-order valence-electron chi connectivity index (χ3n) is 3.01. The average Bonchev–Trinajstić information content (AvgIpc) is 2.52. The molecule has 0 saturated heterocycles. The second-order valence-electron chi connectivity index (χ2n) is 4.62. The summed E-state index contributed by atoms with van der Waals surface area (Å²) in [6, 6.07) is 11.1. The lowest BCUT2D eigenvalue weighted by Crippen LogP contribution is -2.18. The van der Waals surface area contributed by atoms with Crippen molar-refractivity contribution >= 4 is 5.69 Å². The Balaban J connectivity index is 2.15. The number of methoxy groups -OCH3 is 2. The molecular weight excluding hydrogens is 311 g/mol. The summed E-state index contributed by atoms with van der Waals surface area (Å²) in [4.78, 5) is 0. The Morgan fingerprint density at radius 2 is 1.57 bits per heavy atom. The minimum absolute atomic E-state index is 0.242. The lowest BCUT2D eigenvalue weighted by Gasteiger charge is -2.15. The van der Waals surface area contributed by atoms with Gasteiger partial charge in [-0.05, 0) is 29.8 Å². The van der Waals surface area contributed by atoms with E-state index in [0.29, 0.717) is 11.5 Å². The van der Waals surface area contributed by atoms with Gasteiger partial charge in [0.25, 0.3) is 0 Å². The normalized spacial score (nSPS) is 11.0. The van der Waals surface area contributed by atoms with Gasteiger partial charge in [-0.25, -0.2) is 0 Å². The van der Waals surface area contributed by atoms with E-state index in [1.165, 1.54) is 32.4 Å². The van der Waals surface area contributed by atoms with Crippen LogP contribution < -0.4 is 19.5 Å². The predicted molar refractivity (Wildman–Crippen MR) is 80.0 cm³/mol. The van der Waals surface area contributed by atoms with E-state index in [9.17, 15) is 13.2 Å². The van der Waals surface area contributed by atoms with Crippen LogP contribution in [0.1, 0.15) is 5.56 Å². The number of rotatable bonds is 6. The van der Waals surface area contributed by atoms with Gasteiger partial charge in [0.2, 0.25) is 0 Å². The van der Waals surface area contributed by atoms with Crippen LogP contribution in [0.3, 0.4) is 0 Å². The van der Waals surface area contributed by atoms with Crippen LogP contribution in [0.25, 0.3) is 0 Å². The monoisotopic (exact) mass is 327 g/mol. The molecule has 0 amide bonds. The van der Waals surface area contributed by atoms with Crippen molar-refractivity contribution in [3.05, 3.63) is 48.0 Å². The van der Waals surface area contributed by atoms with Gasteiger partial charge in [0.15, 0.2) is 5.75 Å². The van der Waals surface area contributed by atoms with Gasteiger partial charge in [-0.1, -0.05) is 12.1 Å². The maximum absolute atomic E-state index is 12.4. The highest BCUT2D eigenvalue weighted by Gasteiger charge is 2.32. The Labute approximate surface area is 131 Å². The Hall–Kier alpha value is -2.57. The van der Waals surface area contributed by atoms with E-state index >= 15 is 0 Å². The van der Waals surface area contributed by atoms with Gasteiger partial charge in [0.1, 0.15) is 11.5 Å². The molecule has 23 heavy (non-hydrogen) atoms. The highest BCUT2D eigenvalue weighted by atomic mass is 19.4. The average molecular weight is 327 g/mol. The van der Waals surface area contributed by atoms with Crippen molar-refractivity contribution in [3.8, 4) is 17.2 Å². The first kappa shape index (κ1) is 16.8. The summed E-state index contributed by atoms with van der Waals surface area (Å²) in [5, 5.41) is 2.92. The molecule has 0 atom stereocenters. The van der Waals surface area contributed by atoms with Gasteiger partial charge in [-0.2, -0.15) is 0 Å². The second-order valence-corrected chi connectivity index (χ2v) is 4.62. The second kappa shape index (κ2) is 7.13. The Bertz CT molecular complexity index is 637. The van der Waals surface area contributed by atoms with Crippen molar-refractivity contribution in [3.63, 3.8) is 0 Å². The number of nitrogens with one attached hydrogen (secondary N) is 1. The molecule has 0 saturated carbocycles. The van der Waals surface area contributed by atoms with Gasteiger partial charge in [-0.15, -0.1) is 13.2 Å². The molecule has 4 nitrogen and oxygen atoms in total. The van der Waals surface area contributed by atoms with Crippen molar-refractivity contribution in [2.45, 2.75) is 12.9 Å². The standard InChI is InChI=1S/C16H16F3NO3/c1-21-12-7-11(8-13(9-12)22-2)10-20-14-5-3-4-6-15(14)23-16(17,18)19/h3-9,20H,10H2,1-2H3. The van der Waals surface area contributed by atoms with E-state index < -0.39 is 6.36 Å². The number of para-hydroxylation sites is 2. The molecule has 1 N–H and O–H groups in total. The smallest absolute Gasteiger partial charge is 0.497 e. The van der Waals surface area contributed by atoms with Crippen LogP contribution in [0.2, 0.25) is 0 Å². The molecule has 124 valence electrons. The van der Waals surface area contributed by atoms with Gasteiger partial charge >= 0.3 is 6.36 Å². The molecule has 0 spiro atoms. The molecule has 0 aliphatic carbocycles. The fourth-order valence-electron chi connectivity index (χ4n) is 1.99. The van der Waals surface area contributed by atoms with Gasteiger partial charge < -0.3 is 19.5 Å².